The maximum absolute atomic E-state index is 9.92. The summed E-state index contributed by atoms with van der Waals surface area (Å²) in [7, 11) is 1.59. The van der Waals surface area contributed by atoms with E-state index in [4.69, 9.17) is 4.74 Å². The highest BCUT2D eigenvalue weighted by Gasteiger charge is 2.19. The Kier molecular flexibility index (Phi) is 4.44. The van der Waals surface area contributed by atoms with E-state index in [2.05, 4.69) is 4.90 Å². The zero-order valence-electron chi connectivity index (χ0n) is 10.8. The van der Waals surface area contributed by atoms with Gasteiger partial charge in [0.25, 0.3) is 0 Å². The average molecular weight is 251 g/mol. The lowest BCUT2D eigenvalue weighted by atomic mass is 9.98. The number of phenolic OH excluding ortho intramolecular Hbond substituents is 1. The van der Waals surface area contributed by atoms with E-state index in [1.54, 1.807) is 13.2 Å². The number of ether oxygens (including phenoxy) is 1. The second-order valence-corrected chi connectivity index (χ2v) is 4.92. The van der Waals surface area contributed by atoms with Gasteiger partial charge in [0, 0.05) is 31.3 Å². The molecule has 1 saturated heterocycles. The number of piperidine rings is 1. The van der Waals surface area contributed by atoms with Gasteiger partial charge in [-0.3, -0.25) is 4.90 Å². The molecule has 0 spiro atoms. The molecule has 18 heavy (non-hydrogen) atoms. The van der Waals surface area contributed by atoms with Crippen LogP contribution in [0.1, 0.15) is 18.4 Å². The number of aliphatic hydroxyl groups is 1. The van der Waals surface area contributed by atoms with Gasteiger partial charge in [-0.1, -0.05) is 6.07 Å². The molecule has 4 heteroatoms. The summed E-state index contributed by atoms with van der Waals surface area (Å²) in [4.78, 5) is 2.28. The molecule has 0 radical (unpaired) electrons. The van der Waals surface area contributed by atoms with Gasteiger partial charge in [-0.05, 0) is 31.4 Å². The van der Waals surface area contributed by atoms with Gasteiger partial charge in [0.2, 0.25) is 0 Å². The van der Waals surface area contributed by atoms with E-state index in [9.17, 15) is 10.2 Å². The monoisotopic (exact) mass is 251 g/mol. The Morgan fingerprint density at radius 3 is 2.94 bits per heavy atom. The lowest BCUT2D eigenvalue weighted by Crippen LogP contribution is -2.36. The van der Waals surface area contributed by atoms with Crippen LogP contribution >= 0.6 is 0 Å². The fraction of sp³-hybridized carbons (Fsp3) is 0.571. The van der Waals surface area contributed by atoms with Crippen molar-refractivity contribution in [3.05, 3.63) is 23.8 Å². The zero-order chi connectivity index (χ0) is 13.0. The lowest BCUT2D eigenvalue weighted by Gasteiger charge is -2.31. The predicted molar refractivity (Wildman–Crippen MR) is 69.7 cm³/mol. The van der Waals surface area contributed by atoms with Crippen LogP contribution < -0.4 is 4.74 Å². The van der Waals surface area contributed by atoms with E-state index in [0.717, 1.165) is 38.0 Å². The number of benzene rings is 1. The third-order valence-electron chi connectivity index (χ3n) is 3.55. The van der Waals surface area contributed by atoms with Crippen molar-refractivity contribution in [2.45, 2.75) is 19.4 Å². The van der Waals surface area contributed by atoms with Crippen molar-refractivity contribution < 1.29 is 14.9 Å². The summed E-state index contributed by atoms with van der Waals surface area (Å²) in [6, 6.07) is 5.40. The molecule has 1 aromatic rings. The number of hydrogen-bond acceptors (Lipinski definition) is 4. The highest BCUT2D eigenvalue weighted by atomic mass is 16.5. The number of rotatable bonds is 4. The maximum atomic E-state index is 9.92. The molecule has 0 saturated carbocycles. The molecule has 1 atom stereocenters. The van der Waals surface area contributed by atoms with Crippen LogP contribution in [-0.4, -0.2) is 41.9 Å². The Balaban J connectivity index is 2.00. The van der Waals surface area contributed by atoms with E-state index in [0.29, 0.717) is 11.7 Å². The number of phenols is 1. The second kappa shape index (κ2) is 6.07. The fourth-order valence-electron chi connectivity index (χ4n) is 2.49. The Morgan fingerprint density at radius 2 is 2.28 bits per heavy atom. The number of hydrogen-bond donors (Lipinski definition) is 2. The largest absolute Gasteiger partial charge is 0.507 e. The SMILES string of the molecule is COc1ccc(CN2CCCC(CO)C2)c(O)c1. The van der Waals surface area contributed by atoms with Crippen LogP contribution in [0.2, 0.25) is 0 Å². The quantitative estimate of drug-likeness (QED) is 0.853. The highest BCUT2D eigenvalue weighted by Crippen LogP contribution is 2.26. The molecule has 1 heterocycles. The van der Waals surface area contributed by atoms with Crippen LogP contribution in [0, 0.1) is 5.92 Å². The topological polar surface area (TPSA) is 52.9 Å². The van der Waals surface area contributed by atoms with Gasteiger partial charge in [0.05, 0.1) is 7.11 Å². The van der Waals surface area contributed by atoms with Gasteiger partial charge >= 0.3 is 0 Å². The number of aromatic hydroxyl groups is 1. The van der Waals surface area contributed by atoms with Crippen LogP contribution in [0.25, 0.3) is 0 Å². The minimum absolute atomic E-state index is 0.255. The smallest absolute Gasteiger partial charge is 0.123 e. The van der Waals surface area contributed by atoms with Crippen molar-refractivity contribution in [2.75, 3.05) is 26.8 Å². The van der Waals surface area contributed by atoms with E-state index in [1.807, 2.05) is 12.1 Å². The number of aliphatic hydroxyl groups excluding tert-OH is 1. The third kappa shape index (κ3) is 3.15. The molecule has 2 rings (SSSR count). The van der Waals surface area contributed by atoms with E-state index < -0.39 is 0 Å². The molecule has 1 aliphatic heterocycles. The van der Waals surface area contributed by atoms with Crippen molar-refractivity contribution in [2.24, 2.45) is 5.92 Å². The van der Waals surface area contributed by atoms with Gasteiger partial charge < -0.3 is 14.9 Å². The molecule has 0 aliphatic carbocycles. The Hall–Kier alpha value is -1.26. The van der Waals surface area contributed by atoms with Crippen LogP contribution in [0.15, 0.2) is 18.2 Å². The maximum Gasteiger partial charge on any atom is 0.123 e. The van der Waals surface area contributed by atoms with Gasteiger partial charge in [0.15, 0.2) is 0 Å². The minimum atomic E-state index is 0.255. The summed E-state index contributed by atoms with van der Waals surface area (Å²) < 4.78 is 5.07. The molecule has 1 fully saturated rings. The molecule has 1 aromatic carbocycles. The molecule has 1 aliphatic rings. The first-order valence-electron chi connectivity index (χ1n) is 6.42. The second-order valence-electron chi connectivity index (χ2n) is 4.92. The summed E-state index contributed by atoms with van der Waals surface area (Å²) in [6.45, 7) is 2.92. The Labute approximate surface area is 108 Å². The molecule has 0 amide bonds. The molecular weight excluding hydrogens is 230 g/mol. The molecule has 1 unspecified atom stereocenters. The first kappa shape index (κ1) is 13.2. The summed E-state index contributed by atoms with van der Waals surface area (Å²) in [5.74, 6) is 1.32. The standard InChI is InChI=1S/C14H21NO3/c1-18-13-5-4-12(14(17)7-13)9-15-6-2-3-11(8-15)10-16/h4-5,7,11,16-17H,2-3,6,8-10H2,1H3. The summed E-state index contributed by atoms with van der Waals surface area (Å²) >= 11 is 0. The van der Waals surface area contributed by atoms with Crippen molar-refractivity contribution in [1.29, 1.82) is 0 Å². The minimum Gasteiger partial charge on any atom is -0.507 e. The van der Waals surface area contributed by atoms with E-state index >= 15 is 0 Å². The fourth-order valence-corrected chi connectivity index (χ4v) is 2.49. The molecule has 2 N–H and O–H groups in total. The molecule has 0 bridgehead atoms. The normalized spacial score (nSPS) is 20.9. The molecule has 100 valence electrons. The van der Waals surface area contributed by atoms with Gasteiger partial charge in [-0.2, -0.15) is 0 Å². The van der Waals surface area contributed by atoms with Gasteiger partial charge in [-0.15, -0.1) is 0 Å². The third-order valence-corrected chi connectivity index (χ3v) is 3.55. The van der Waals surface area contributed by atoms with Crippen molar-refractivity contribution in [3.63, 3.8) is 0 Å². The first-order chi connectivity index (χ1) is 8.72. The highest BCUT2D eigenvalue weighted by molar-refractivity contribution is 5.39. The van der Waals surface area contributed by atoms with Crippen LogP contribution in [-0.2, 0) is 6.54 Å². The van der Waals surface area contributed by atoms with Gasteiger partial charge in [0.1, 0.15) is 11.5 Å². The lowest BCUT2D eigenvalue weighted by molar-refractivity contribution is 0.115. The van der Waals surface area contributed by atoms with Crippen LogP contribution in [0.5, 0.6) is 11.5 Å². The first-order valence-corrected chi connectivity index (χ1v) is 6.42. The summed E-state index contributed by atoms with van der Waals surface area (Å²) in [6.07, 6.45) is 2.21. The molecule has 0 aromatic heterocycles. The molecular formula is C14H21NO3. The van der Waals surface area contributed by atoms with Crippen molar-refractivity contribution in [1.82, 2.24) is 4.90 Å². The Bertz CT molecular complexity index is 395. The predicted octanol–water partition coefficient (Wildman–Crippen LogP) is 1.61. The number of likely N-dealkylation sites (tertiary alicyclic amines) is 1. The van der Waals surface area contributed by atoms with Gasteiger partial charge in [-0.25, -0.2) is 0 Å². The summed E-state index contributed by atoms with van der Waals surface area (Å²) in [5, 5.41) is 19.1. The van der Waals surface area contributed by atoms with Crippen LogP contribution in [0.3, 0.4) is 0 Å². The number of methoxy groups -OCH3 is 1. The van der Waals surface area contributed by atoms with E-state index in [-0.39, 0.29) is 12.4 Å². The zero-order valence-corrected chi connectivity index (χ0v) is 10.8. The average Bonchev–Trinajstić information content (AvgIpc) is 2.41. The molecule has 4 nitrogen and oxygen atoms in total. The van der Waals surface area contributed by atoms with Crippen molar-refractivity contribution in [3.8, 4) is 11.5 Å². The number of nitrogens with zero attached hydrogens (tertiary/aromatic N) is 1. The Morgan fingerprint density at radius 1 is 1.44 bits per heavy atom. The van der Waals surface area contributed by atoms with Crippen molar-refractivity contribution >= 4 is 0 Å². The summed E-state index contributed by atoms with van der Waals surface area (Å²) in [5.41, 5.74) is 0.911. The van der Waals surface area contributed by atoms with E-state index in [1.165, 1.54) is 0 Å². The van der Waals surface area contributed by atoms with Crippen LogP contribution in [0.4, 0.5) is 0 Å².